The van der Waals surface area contributed by atoms with Crippen molar-refractivity contribution in [2.45, 2.75) is 13.5 Å². The number of halogens is 1. The van der Waals surface area contributed by atoms with Gasteiger partial charge in [-0.2, -0.15) is 15.0 Å². The van der Waals surface area contributed by atoms with E-state index in [-0.39, 0.29) is 22.7 Å². The number of carboxylic acid groups (broad SMARTS) is 1. The van der Waals surface area contributed by atoms with Gasteiger partial charge in [-0.05, 0) is 35.7 Å². The summed E-state index contributed by atoms with van der Waals surface area (Å²) < 4.78 is 0. The first-order chi connectivity index (χ1) is 9.45. The van der Waals surface area contributed by atoms with Gasteiger partial charge in [0.25, 0.3) is 0 Å². The van der Waals surface area contributed by atoms with Crippen molar-refractivity contribution in [1.82, 2.24) is 15.0 Å². The van der Waals surface area contributed by atoms with Gasteiger partial charge < -0.3 is 16.2 Å². The van der Waals surface area contributed by atoms with Crippen LogP contribution in [0.5, 0.6) is 0 Å². The number of nitrogen functional groups attached to an aromatic ring is 1. The molecule has 0 radical (unpaired) electrons. The molecule has 8 heteroatoms. The summed E-state index contributed by atoms with van der Waals surface area (Å²) in [5, 5.41) is 11.9. The van der Waals surface area contributed by atoms with E-state index in [0.717, 1.165) is 5.56 Å². The van der Waals surface area contributed by atoms with Crippen LogP contribution in [0.3, 0.4) is 0 Å². The van der Waals surface area contributed by atoms with Gasteiger partial charge in [0.1, 0.15) is 0 Å². The standard InChI is InChI=1S/C12H12ClN5O2/c1-6-4-7(2-3-8(6)9(19)20)5-15-12-17-10(13)16-11(14)18-12/h2-4H,5H2,1H3,(H,19,20)(H3,14,15,16,17,18). The number of benzene rings is 1. The van der Waals surface area contributed by atoms with Crippen molar-refractivity contribution in [3.63, 3.8) is 0 Å². The summed E-state index contributed by atoms with van der Waals surface area (Å²) in [6, 6.07) is 5.06. The molecule has 2 aromatic rings. The molecule has 0 saturated heterocycles. The lowest BCUT2D eigenvalue weighted by Crippen LogP contribution is -2.08. The van der Waals surface area contributed by atoms with Gasteiger partial charge in [-0.1, -0.05) is 12.1 Å². The molecule has 0 aliphatic heterocycles. The lowest BCUT2D eigenvalue weighted by Gasteiger charge is -2.07. The SMILES string of the molecule is Cc1cc(CNc2nc(N)nc(Cl)n2)ccc1C(=O)O. The van der Waals surface area contributed by atoms with Crippen LogP contribution in [0, 0.1) is 6.92 Å². The molecule has 0 atom stereocenters. The van der Waals surface area contributed by atoms with Crippen LogP contribution in [0.4, 0.5) is 11.9 Å². The van der Waals surface area contributed by atoms with E-state index in [1.807, 2.05) is 0 Å². The Balaban J connectivity index is 2.11. The molecule has 0 fully saturated rings. The molecule has 0 amide bonds. The second-order valence-corrected chi connectivity index (χ2v) is 4.43. The molecule has 0 saturated carbocycles. The molecule has 0 aliphatic rings. The third-order valence-electron chi connectivity index (χ3n) is 2.60. The number of hydrogen-bond donors (Lipinski definition) is 3. The monoisotopic (exact) mass is 293 g/mol. The molecule has 0 bridgehead atoms. The lowest BCUT2D eigenvalue weighted by molar-refractivity contribution is 0.0696. The summed E-state index contributed by atoms with van der Waals surface area (Å²) in [5.74, 6) is -0.647. The van der Waals surface area contributed by atoms with Gasteiger partial charge in [0, 0.05) is 6.54 Å². The van der Waals surface area contributed by atoms with Crippen LogP contribution in [0.1, 0.15) is 21.5 Å². The first kappa shape index (κ1) is 14.0. The number of anilines is 2. The molecule has 0 unspecified atom stereocenters. The quantitative estimate of drug-likeness (QED) is 0.786. The molecule has 2 rings (SSSR count). The highest BCUT2D eigenvalue weighted by Crippen LogP contribution is 2.13. The molecule has 20 heavy (non-hydrogen) atoms. The van der Waals surface area contributed by atoms with Crippen molar-refractivity contribution >= 4 is 29.5 Å². The van der Waals surface area contributed by atoms with Gasteiger partial charge in [-0.3, -0.25) is 0 Å². The van der Waals surface area contributed by atoms with Gasteiger partial charge in [-0.15, -0.1) is 0 Å². The Morgan fingerprint density at radius 1 is 1.40 bits per heavy atom. The fourth-order valence-electron chi connectivity index (χ4n) is 1.70. The van der Waals surface area contributed by atoms with Crippen LogP contribution in [0.15, 0.2) is 18.2 Å². The zero-order valence-electron chi connectivity index (χ0n) is 10.6. The number of aryl methyl sites for hydroxylation is 1. The van der Waals surface area contributed by atoms with Gasteiger partial charge in [0.05, 0.1) is 5.56 Å². The zero-order valence-corrected chi connectivity index (χ0v) is 11.3. The number of aromatic nitrogens is 3. The van der Waals surface area contributed by atoms with E-state index in [1.165, 1.54) is 0 Å². The molecule has 0 aliphatic carbocycles. The fourth-order valence-corrected chi connectivity index (χ4v) is 1.87. The highest BCUT2D eigenvalue weighted by Gasteiger charge is 2.07. The highest BCUT2D eigenvalue weighted by atomic mass is 35.5. The molecular formula is C12H12ClN5O2. The maximum atomic E-state index is 10.9. The van der Waals surface area contributed by atoms with Gasteiger partial charge in [0.15, 0.2) is 0 Å². The first-order valence-electron chi connectivity index (χ1n) is 5.69. The maximum absolute atomic E-state index is 10.9. The largest absolute Gasteiger partial charge is 0.478 e. The number of carboxylic acids is 1. The van der Waals surface area contributed by atoms with Crippen molar-refractivity contribution in [3.05, 3.63) is 40.2 Å². The minimum Gasteiger partial charge on any atom is -0.478 e. The van der Waals surface area contributed by atoms with Gasteiger partial charge >= 0.3 is 5.97 Å². The number of nitrogens with zero attached hydrogens (tertiary/aromatic N) is 3. The van der Waals surface area contributed by atoms with Crippen LogP contribution in [-0.4, -0.2) is 26.0 Å². The number of nitrogens with one attached hydrogen (secondary N) is 1. The summed E-state index contributed by atoms with van der Waals surface area (Å²) in [6.07, 6.45) is 0. The summed E-state index contributed by atoms with van der Waals surface area (Å²) in [4.78, 5) is 22.3. The Morgan fingerprint density at radius 2 is 2.15 bits per heavy atom. The van der Waals surface area contributed by atoms with Crippen molar-refractivity contribution in [1.29, 1.82) is 0 Å². The third-order valence-corrected chi connectivity index (χ3v) is 2.77. The van der Waals surface area contributed by atoms with Crippen LogP contribution in [0.25, 0.3) is 0 Å². The predicted molar refractivity (Wildman–Crippen MR) is 74.7 cm³/mol. The summed E-state index contributed by atoms with van der Waals surface area (Å²) in [7, 11) is 0. The van der Waals surface area contributed by atoms with Crippen LogP contribution >= 0.6 is 11.6 Å². The van der Waals surface area contributed by atoms with Crippen molar-refractivity contribution < 1.29 is 9.90 Å². The summed E-state index contributed by atoms with van der Waals surface area (Å²) in [5.41, 5.74) is 7.31. The molecule has 4 N–H and O–H groups in total. The number of rotatable bonds is 4. The van der Waals surface area contributed by atoms with Crippen molar-refractivity contribution in [3.8, 4) is 0 Å². The van der Waals surface area contributed by atoms with Crippen molar-refractivity contribution in [2.24, 2.45) is 0 Å². The second-order valence-electron chi connectivity index (χ2n) is 4.09. The number of hydrogen-bond acceptors (Lipinski definition) is 6. The van der Waals surface area contributed by atoms with E-state index in [0.29, 0.717) is 12.1 Å². The Hall–Kier alpha value is -2.41. The fraction of sp³-hybridized carbons (Fsp3) is 0.167. The summed E-state index contributed by atoms with van der Waals surface area (Å²) in [6.45, 7) is 2.16. The van der Waals surface area contributed by atoms with Crippen LogP contribution in [-0.2, 0) is 6.54 Å². The normalized spacial score (nSPS) is 10.3. The molecule has 7 nitrogen and oxygen atoms in total. The average Bonchev–Trinajstić information content (AvgIpc) is 2.35. The lowest BCUT2D eigenvalue weighted by atomic mass is 10.1. The molecule has 1 heterocycles. The second kappa shape index (κ2) is 5.70. The molecule has 104 valence electrons. The Bertz CT molecular complexity index is 642. The number of aromatic carboxylic acids is 1. The average molecular weight is 294 g/mol. The minimum atomic E-state index is -0.945. The first-order valence-corrected chi connectivity index (χ1v) is 6.07. The minimum absolute atomic E-state index is 0.0115. The number of carbonyl (C=O) groups is 1. The summed E-state index contributed by atoms with van der Waals surface area (Å²) >= 11 is 5.67. The number of nitrogens with two attached hydrogens (primary N) is 1. The maximum Gasteiger partial charge on any atom is 0.335 e. The van der Waals surface area contributed by atoms with E-state index in [1.54, 1.807) is 25.1 Å². The Labute approximate surface area is 119 Å². The molecule has 1 aromatic heterocycles. The van der Waals surface area contributed by atoms with Crippen molar-refractivity contribution in [2.75, 3.05) is 11.1 Å². The Morgan fingerprint density at radius 3 is 2.75 bits per heavy atom. The van der Waals surface area contributed by atoms with Crippen LogP contribution in [0.2, 0.25) is 5.28 Å². The highest BCUT2D eigenvalue weighted by molar-refractivity contribution is 6.28. The third kappa shape index (κ3) is 3.33. The van der Waals surface area contributed by atoms with Crippen LogP contribution < -0.4 is 11.1 Å². The predicted octanol–water partition coefficient (Wildman–Crippen LogP) is 1.73. The Kier molecular flexibility index (Phi) is 3.99. The van der Waals surface area contributed by atoms with E-state index in [4.69, 9.17) is 22.4 Å². The van der Waals surface area contributed by atoms with E-state index in [2.05, 4.69) is 20.3 Å². The van der Waals surface area contributed by atoms with Gasteiger partial charge in [0.2, 0.25) is 17.2 Å². The molecule has 1 aromatic carbocycles. The van der Waals surface area contributed by atoms with Gasteiger partial charge in [-0.25, -0.2) is 4.79 Å². The smallest absolute Gasteiger partial charge is 0.335 e. The molecule has 0 spiro atoms. The van der Waals surface area contributed by atoms with E-state index < -0.39 is 5.97 Å². The topological polar surface area (TPSA) is 114 Å². The zero-order chi connectivity index (χ0) is 14.7. The molecular weight excluding hydrogens is 282 g/mol. The van der Waals surface area contributed by atoms with E-state index >= 15 is 0 Å². The van der Waals surface area contributed by atoms with E-state index in [9.17, 15) is 4.79 Å².